The van der Waals surface area contributed by atoms with Crippen molar-refractivity contribution >= 4 is 19.7 Å². The first-order valence-electron chi connectivity index (χ1n) is 32.0. The van der Waals surface area contributed by atoms with Crippen LogP contribution in [-0.2, 0) is 27.9 Å². The van der Waals surface area contributed by atoms with Crippen LogP contribution in [-0.4, -0.2) is 74.3 Å². The molecule has 3 unspecified atom stereocenters. The Balaban J connectivity index is 5.09. The Morgan fingerprint density at radius 1 is 0.480 bits per heavy atom. The number of hydrogen-bond donors (Lipinski definition) is 2. The quantitative estimate of drug-likeness (QED) is 0.0156. The Labute approximate surface area is 465 Å². The van der Waals surface area contributed by atoms with Gasteiger partial charge in [0.05, 0.1) is 33.8 Å². The molecule has 0 saturated carbocycles. The summed E-state index contributed by atoms with van der Waals surface area (Å²) in [6, 6.07) is -0.852. The van der Waals surface area contributed by atoms with Crippen molar-refractivity contribution in [3.63, 3.8) is 0 Å². The van der Waals surface area contributed by atoms with Crippen LogP contribution in [0.15, 0.2) is 48.6 Å². The summed E-state index contributed by atoms with van der Waals surface area (Å²) < 4.78 is 30.7. The Morgan fingerprint density at radius 3 is 1.27 bits per heavy atom. The van der Waals surface area contributed by atoms with Crippen molar-refractivity contribution in [2.75, 3.05) is 40.9 Å². The van der Waals surface area contributed by atoms with E-state index < -0.39 is 20.0 Å². The summed E-state index contributed by atoms with van der Waals surface area (Å²) in [4.78, 5) is 37.7. The number of nitrogens with one attached hydrogen (secondary N) is 1. The van der Waals surface area contributed by atoms with Crippen molar-refractivity contribution in [1.29, 1.82) is 0 Å². The highest BCUT2D eigenvalue weighted by atomic mass is 31.2. The fourth-order valence-corrected chi connectivity index (χ4v) is 10.1. The first kappa shape index (κ1) is 73.0. The van der Waals surface area contributed by atoms with E-state index in [1.807, 2.05) is 33.3 Å². The van der Waals surface area contributed by atoms with Gasteiger partial charge in [-0.05, 0) is 51.0 Å². The molecular weight excluding hydrogens is 952 g/mol. The summed E-state index contributed by atoms with van der Waals surface area (Å²) in [5.41, 5.74) is 0. The van der Waals surface area contributed by atoms with Crippen LogP contribution < -0.4 is 5.32 Å². The lowest BCUT2D eigenvalue weighted by molar-refractivity contribution is -0.870. The van der Waals surface area contributed by atoms with E-state index in [4.69, 9.17) is 13.8 Å². The van der Waals surface area contributed by atoms with Crippen LogP contribution >= 0.6 is 7.82 Å². The fraction of sp³-hybridized carbons (Fsp3) is 0.846. The normalized spacial score (nSPS) is 14.0. The second-order valence-corrected chi connectivity index (χ2v) is 24.4. The largest absolute Gasteiger partial charge is 0.472 e. The van der Waals surface area contributed by atoms with Gasteiger partial charge in [0.15, 0.2) is 0 Å². The maximum absolute atomic E-state index is 13.5. The van der Waals surface area contributed by atoms with Crippen LogP contribution in [0.25, 0.3) is 0 Å². The van der Waals surface area contributed by atoms with Crippen LogP contribution in [0, 0.1) is 0 Å². The summed E-state index contributed by atoms with van der Waals surface area (Å²) in [5, 5.41) is 3.05. The summed E-state index contributed by atoms with van der Waals surface area (Å²) in [6.45, 7) is 6.90. The van der Waals surface area contributed by atoms with E-state index in [0.717, 1.165) is 77.0 Å². The van der Waals surface area contributed by atoms with Gasteiger partial charge in [-0.3, -0.25) is 18.6 Å². The number of carbonyl (C=O) groups is 2. The summed E-state index contributed by atoms with van der Waals surface area (Å²) in [7, 11) is 1.49. The number of phosphoric acid groups is 1. The van der Waals surface area contributed by atoms with E-state index in [1.54, 1.807) is 0 Å². The third-order valence-electron chi connectivity index (χ3n) is 14.3. The van der Waals surface area contributed by atoms with Crippen LogP contribution in [0.5, 0.6) is 0 Å². The Bertz CT molecular complexity index is 1420. The van der Waals surface area contributed by atoms with Gasteiger partial charge in [-0.2, -0.15) is 0 Å². The first-order valence-corrected chi connectivity index (χ1v) is 33.5. The van der Waals surface area contributed by atoms with Crippen LogP contribution in [0.1, 0.15) is 303 Å². The number of unbranched alkanes of at least 4 members (excludes halogenated alkanes) is 38. The number of phosphoric ester groups is 1. The zero-order chi connectivity index (χ0) is 55.0. The number of quaternary nitrogens is 1. The maximum atomic E-state index is 13.5. The highest BCUT2D eigenvalue weighted by molar-refractivity contribution is 7.47. The maximum Gasteiger partial charge on any atom is 0.472 e. The second kappa shape index (κ2) is 55.3. The summed E-state index contributed by atoms with van der Waals surface area (Å²) >= 11 is 0. The molecule has 9 nitrogen and oxygen atoms in total. The van der Waals surface area contributed by atoms with Gasteiger partial charge in [0, 0.05) is 12.8 Å². The summed E-state index contributed by atoms with van der Waals surface area (Å²) in [5.74, 6) is -0.508. The van der Waals surface area contributed by atoms with Gasteiger partial charge in [-0.1, -0.05) is 288 Å². The zero-order valence-corrected chi connectivity index (χ0v) is 51.2. The van der Waals surface area contributed by atoms with Gasteiger partial charge in [0.1, 0.15) is 19.3 Å². The van der Waals surface area contributed by atoms with Crippen molar-refractivity contribution in [2.45, 2.75) is 315 Å². The molecule has 440 valence electrons. The van der Waals surface area contributed by atoms with Crippen LogP contribution in [0.3, 0.4) is 0 Å². The first-order chi connectivity index (χ1) is 36.4. The van der Waals surface area contributed by atoms with E-state index in [1.165, 1.54) is 193 Å². The molecule has 3 atom stereocenters. The average Bonchev–Trinajstić information content (AvgIpc) is 3.37. The molecule has 0 aliphatic heterocycles. The highest BCUT2D eigenvalue weighted by Crippen LogP contribution is 2.43. The topological polar surface area (TPSA) is 111 Å². The molecule has 0 aromatic heterocycles. The van der Waals surface area contributed by atoms with Gasteiger partial charge in [0.25, 0.3) is 0 Å². The monoisotopic (exact) mass is 1080 g/mol. The molecule has 0 aliphatic rings. The molecule has 0 saturated heterocycles. The smallest absolute Gasteiger partial charge is 0.456 e. The second-order valence-electron chi connectivity index (χ2n) is 23.0. The van der Waals surface area contributed by atoms with Gasteiger partial charge in [-0.25, -0.2) is 4.57 Å². The van der Waals surface area contributed by atoms with Crippen molar-refractivity contribution in [3.8, 4) is 0 Å². The molecule has 75 heavy (non-hydrogen) atoms. The number of hydrogen-bond acceptors (Lipinski definition) is 6. The molecule has 0 rings (SSSR count). The van der Waals surface area contributed by atoms with E-state index in [-0.39, 0.29) is 25.1 Å². The number of nitrogens with zero attached hydrogens (tertiary/aromatic N) is 1. The molecule has 0 heterocycles. The number of ether oxygens (including phenoxy) is 1. The standard InChI is InChI=1S/C65H123N2O7P/c1-7-10-13-16-19-22-25-27-29-30-31-32-33-34-35-36-38-40-43-46-49-52-55-58-65(69)74-63(56-53-50-47-44-41-24-21-18-15-12-9-3)62(61-73-75(70,71)72-60-59-67(4,5)6)66-64(68)57-54-51-48-45-42-39-37-28-26-23-20-17-14-11-8-2/h11,14,17,20,23,26,53,56,62-63H,7-10,12-13,15-16,18-19,21-22,24-25,27-52,54-55,57-61H2,1-6H3,(H-,66,68,70,71)/p+1/b14-11+,20-17+,26-23+,56-53-. The Hall–Kier alpha value is -2.03. The van der Waals surface area contributed by atoms with E-state index in [9.17, 15) is 19.0 Å². The van der Waals surface area contributed by atoms with Gasteiger partial charge < -0.3 is 19.4 Å². The van der Waals surface area contributed by atoms with Gasteiger partial charge >= 0.3 is 13.8 Å². The third kappa shape index (κ3) is 56.5. The molecule has 0 aromatic carbocycles. The minimum atomic E-state index is -4.45. The van der Waals surface area contributed by atoms with Crippen LogP contribution in [0.2, 0.25) is 0 Å². The third-order valence-corrected chi connectivity index (χ3v) is 15.3. The molecule has 0 aliphatic carbocycles. The Kier molecular flexibility index (Phi) is 53.8. The number of esters is 1. The fourth-order valence-electron chi connectivity index (χ4n) is 9.41. The van der Waals surface area contributed by atoms with E-state index in [0.29, 0.717) is 23.9 Å². The lowest BCUT2D eigenvalue weighted by Gasteiger charge is -2.27. The lowest BCUT2D eigenvalue weighted by Crippen LogP contribution is -2.47. The predicted molar refractivity (Wildman–Crippen MR) is 323 cm³/mol. The molecule has 0 radical (unpaired) electrons. The van der Waals surface area contributed by atoms with Gasteiger partial charge in [-0.15, -0.1) is 0 Å². The highest BCUT2D eigenvalue weighted by Gasteiger charge is 2.30. The minimum absolute atomic E-state index is 0.0385. The minimum Gasteiger partial charge on any atom is -0.456 e. The zero-order valence-electron chi connectivity index (χ0n) is 50.3. The van der Waals surface area contributed by atoms with E-state index >= 15 is 0 Å². The van der Waals surface area contributed by atoms with E-state index in [2.05, 4.69) is 62.5 Å². The van der Waals surface area contributed by atoms with Crippen molar-refractivity contribution < 1.29 is 37.3 Å². The van der Waals surface area contributed by atoms with Gasteiger partial charge in [0.2, 0.25) is 5.91 Å². The molecule has 10 heteroatoms. The van der Waals surface area contributed by atoms with Crippen molar-refractivity contribution in [2.24, 2.45) is 0 Å². The molecule has 0 fully saturated rings. The SMILES string of the molecule is CC/C=C/C=C/C=C/CCCCCCCCCC(=O)NC(COP(=O)(O)OCC[N+](C)(C)C)C(/C=C\CCCCCCCCCCC)OC(=O)CCCCCCCCCCCCCCCCCCCCCCCCC. The lowest BCUT2D eigenvalue weighted by atomic mass is 10.0. The molecule has 0 bridgehead atoms. The van der Waals surface area contributed by atoms with Crippen LogP contribution in [0.4, 0.5) is 0 Å². The van der Waals surface area contributed by atoms with Crippen molar-refractivity contribution in [1.82, 2.24) is 5.32 Å². The predicted octanol–water partition coefficient (Wildman–Crippen LogP) is 19.7. The van der Waals surface area contributed by atoms with Crippen molar-refractivity contribution in [3.05, 3.63) is 48.6 Å². The number of carbonyl (C=O) groups excluding carboxylic acids is 2. The Morgan fingerprint density at radius 2 is 0.853 bits per heavy atom. The molecule has 1 amide bonds. The number of rotatable bonds is 58. The molecule has 2 N–H and O–H groups in total. The number of amides is 1. The summed E-state index contributed by atoms with van der Waals surface area (Å²) in [6.07, 6.45) is 68.4. The molecule has 0 spiro atoms. The average molecular weight is 1080 g/mol. The number of allylic oxidation sites excluding steroid dienone is 7. The molecule has 0 aromatic rings. The number of likely N-dealkylation sites (N-methyl/N-ethyl adjacent to an activating group) is 1. The molecular formula is C65H124N2O7P+.